The summed E-state index contributed by atoms with van der Waals surface area (Å²) in [7, 11) is 6.90. The lowest BCUT2D eigenvalue weighted by molar-refractivity contribution is -0.136. The molecule has 6 heterocycles. The lowest BCUT2D eigenvalue weighted by Crippen LogP contribution is -2.57. The predicted molar refractivity (Wildman–Crippen MR) is 407 cm³/mol. The van der Waals surface area contributed by atoms with Crippen molar-refractivity contribution < 1.29 is 99.6 Å². The van der Waals surface area contributed by atoms with Gasteiger partial charge in [0.2, 0.25) is 41.2 Å². The van der Waals surface area contributed by atoms with Gasteiger partial charge in [-0.25, -0.2) is 4.79 Å². The van der Waals surface area contributed by atoms with Crippen LogP contribution in [0.25, 0.3) is 11.1 Å². The molecule has 0 radical (unpaired) electrons. The van der Waals surface area contributed by atoms with Gasteiger partial charge in [0.1, 0.15) is 88.9 Å². The van der Waals surface area contributed by atoms with E-state index in [1.54, 1.807) is 69.3 Å². The van der Waals surface area contributed by atoms with E-state index in [2.05, 4.69) is 37.2 Å². The summed E-state index contributed by atoms with van der Waals surface area (Å²) in [5.74, 6) is -5.19. The molecule has 7 N–H and O–H groups in total. The van der Waals surface area contributed by atoms with Gasteiger partial charge in [0.25, 0.3) is 0 Å². The van der Waals surface area contributed by atoms with Crippen molar-refractivity contribution in [3.63, 3.8) is 0 Å². The Bertz CT molecular complexity index is 4680. The summed E-state index contributed by atoms with van der Waals surface area (Å²) in [6, 6.07) is 17.3. The Labute approximate surface area is 647 Å². The molecule has 13 rings (SSSR count). The second-order valence-corrected chi connectivity index (χ2v) is 34.4. The Balaban J connectivity index is 1.17. The van der Waals surface area contributed by atoms with Crippen LogP contribution >= 0.6 is 23.2 Å². The minimum absolute atomic E-state index is 0.0000375. The first kappa shape index (κ1) is 80.5. The second-order valence-electron chi connectivity index (χ2n) is 28.8. The molecule has 28 nitrogen and oxygen atoms in total. The van der Waals surface area contributed by atoms with Crippen LogP contribution in [-0.4, -0.2) is 144 Å². The van der Waals surface area contributed by atoms with E-state index in [0.29, 0.717) is 33.6 Å². The maximum Gasteiger partial charge on any atom is 0.408 e. The molecule has 7 aromatic rings. The standard InChI is InChI=1S/C79H89Cl2N7O21Si/c1-78(2,3)108-77(95)88-65-42-18-23-58(100-11)59(32-42)105-48-29-44(28-46(35-48)97-8)66-74(92)86-67-45-33-61(106-56-20-16-40(26-51(56)80)27-53(71(89)84-66)82-72(65)90)70(102-13)62(34-45)107-57-22-19-43(31-52(57)81)69(109-110(14,15)79(4,5)6)68-76(94)83-54(38-104-39-103-25-24-96-7)49-36-47(98-9)37-60(101-12)63(49)50-30-41(17-21-55(50)99-10)64(73(91)87-68)85-75(67)93/h16-23,26,28-37,53-54,64-69H,24-25,27,38-39H2,1-15H3,(H,82,90)(H,83,94)(H,84,89)(H,85,93)(H,86,92)(H,87,91)(H,88,95)/t53-,54-,64-,65+,66+,67-,68+,69-/m1/s1. The molecular weight excluding hydrogens is 1480 g/mol. The van der Waals surface area contributed by atoms with E-state index in [1.165, 1.54) is 116 Å². The van der Waals surface area contributed by atoms with Crippen molar-refractivity contribution in [2.24, 2.45) is 0 Å². The number of benzene rings is 7. The fourth-order valence-corrected chi connectivity index (χ4v) is 14.4. The molecule has 0 unspecified atom stereocenters. The summed E-state index contributed by atoms with van der Waals surface area (Å²) in [5, 5.41) is 19.8. The molecule has 8 atom stereocenters. The summed E-state index contributed by atoms with van der Waals surface area (Å²) in [5.41, 5.74) is 0.788. The van der Waals surface area contributed by atoms with Gasteiger partial charge in [-0.1, -0.05) is 68.2 Å². The van der Waals surface area contributed by atoms with Crippen molar-refractivity contribution in [3.8, 4) is 80.1 Å². The lowest BCUT2D eigenvalue weighted by atomic mass is 9.89. The van der Waals surface area contributed by atoms with Crippen molar-refractivity contribution in [3.05, 3.63) is 164 Å². The summed E-state index contributed by atoms with van der Waals surface area (Å²) >= 11 is 14.7. The largest absolute Gasteiger partial charge is 0.497 e. The van der Waals surface area contributed by atoms with Crippen molar-refractivity contribution in [1.82, 2.24) is 37.2 Å². The number of hydrogen-bond acceptors (Lipinski definition) is 21. The van der Waals surface area contributed by atoms with Crippen molar-refractivity contribution in [2.45, 2.75) is 120 Å². The first-order chi connectivity index (χ1) is 52.3. The van der Waals surface area contributed by atoms with Crippen molar-refractivity contribution in [1.29, 1.82) is 0 Å². The molecule has 0 spiro atoms. The highest BCUT2D eigenvalue weighted by molar-refractivity contribution is 6.74. The van der Waals surface area contributed by atoms with E-state index in [9.17, 15) is 4.79 Å². The Kier molecular flexibility index (Phi) is 24.7. The fraction of sp³-hybridized carbons (Fsp3) is 0.380. The molecule has 0 aromatic heterocycles. The highest BCUT2D eigenvalue weighted by Gasteiger charge is 2.46. The number of carbonyl (C=O) groups excluding carboxylic acids is 7. The predicted octanol–water partition coefficient (Wildman–Crippen LogP) is 12.0. The van der Waals surface area contributed by atoms with E-state index in [-0.39, 0.29) is 129 Å². The Morgan fingerprint density at radius 1 is 0.518 bits per heavy atom. The number of hydrogen-bond donors (Lipinski definition) is 7. The number of methoxy groups -OCH3 is 7. The van der Waals surface area contributed by atoms with Gasteiger partial charge in [-0.3, -0.25) is 28.8 Å². The molecule has 0 saturated carbocycles. The topological polar surface area (TPSA) is 333 Å². The number of halogens is 2. The minimum Gasteiger partial charge on any atom is -0.497 e. The summed E-state index contributed by atoms with van der Waals surface area (Å²) in [6.07, 6.45) is -2.69. The van der Waals surface area contributed by atoms with Gasteiger partial charge in [0.05, 0.1) is 84.7 Å². The van der Waals surface area contributed by atoms with Gasteiger partial charge < -0.3 is 103 Å². The molecule has 110 heavy (non-hydrogen) atoms. The summed E-state index contributed by atoms with van der Waals surface area (Å²) in [4.78, 5) is 110. The molecule has 6 aliphatic rings. The minimum atomic E-state index is -3.09. The highest BCUT2D eigenvalue weighted by atomic mass is 35.5. The zero-order valence-electron chi connectivity index (χ0n) is 63.5. The molecule has 31 heteroatoms. The third-order valence-electron chi connectivity index (χ3n) is 19.2. The van der Waals surface area contributed by atoms with E-state index in [0.717, 1.165) is 0 Å². The molecule has 7 aromatic carbocycles. The number of fused-ring (bicyclic) bond motifs is 14. The molecule has 0 saturated heterocycles. The van der Waals surface area contributed by atoms with Gasteiger partial charge in [0.15, 0.2) is 31.3 Å². The van der Waals surface area contributed by atoms with Crippen LogP contribution in [0, 0.1) is 0 Å². The second kappa shape index (κ2) is 33.8. The summed E-state index contributed by atoms with van der Waals surface area (Å²) in [6.45, 7) is 14.9. The van der Waals surface area contributed by atoms with Gasteiger partial charge in [-0.15, -0.1) is 0 Å². The van der Waals surface area contributed by atoms with Crippen LogP contribution in [0.5, 0.6) is 69.0 Å². The van der Waals surface area contributed by atoms with Crippen molar-refractivity contribution in [2.75, 3.05) is 76.4 Å². The zero-order chi connectivity index (χ0) is 79.3. The molecule has 17 bridgehead atoms. The van der Waals surface area contributed by atoms with Crippen LogP contribution in [0.2, 0.25) is 28.2 Å². The highest BCUT2D eigenvalue weighted by Crippen LogP contribution is 2.50. The lowest BCUT2D eigenvalue weighted by Gasteiger charge is -2.42. The third-order valence-corrected chi connectivity index (χ3v) is 24.3. The molecule has 0 fully saturated rings. The number of nitrogens with one attached hydrogen (secondary N) is 7. The number of ether oxygens (including phenoxy) is 13. The third kappa shape index (κ3) is 18.0. The number of rotatable bonds is 16. The Morgan fingerprint density at radius 3 is 1.73 bits per heavy atom. The van der Waals surface area contributed by atoms with E-state index in [1.807, 2.05) is 33.9 Å². The van der Waals surface area contributed by atoms with Gasteiger partial charge in [-0.05, 0) is 157 Å². The van der Waals surface area contributed by atoms with Crippen molar-refractivity contribution >= 4 is 73.1 Å². The molecule has 0 aliphatic carbocycles. The number of carbonyl (C=O) groups is 7. The van der Waals surface area contributed by atoms with Gasteiger partial charge in [-0.2, -0.15) is 0 Å². The maximum atomic E-state index is 16.7. The first-order valence-electron chi connectivity index (χ1n) is 35.1. The van der Waals surface area contributed by atoms with E-state index < -0.39 is 109 Å². The SMILES string of the molecule is COCCOCOC[C@H]1NC(=O)[C@H]2NC(=O)[C@H](NC(=O)[C@@H]3NC(=O)[C@H]4NC(=O)[C@@H](Cc5ccc(c(Cl)c5)Oc5cc3cc(c5OC)Oc3ccc(cc3Cl)[C@H]2O[Si](C)(C)C(C)(C)C)NC(=O)[C@@H](NC(=O)OC(C)(C)C)c2ccc(OC)c(c2)Oc2cc(OC)cc4c2)c2ccc(OC)c(c2)-c2c(OC)cc(OC)cc21. The van der Waals surface area contributed by atoms with Gasteiger partial charge in [0, 0.05) is 36.8 Å². The van der Waals surface area contributed by atoms with E-state index in [4.69, 9.17) is 89.2 Å². The van der Waals surface area contributed by atoms with E-state index >= 15 is 28.8 Å². The number of amides is 7. The number of alkyl carbamates (subject to hydrolysis) is 1. The summed E-state index contributed by atoms with van der Waals surface area (Å²) < 4.78 is 86.2. The van der Waals surface area contributed by atoms with Crippen LogP contribution in [0.4, 0.5) is 4.79 Å². The van der Waals surface area contributed by atoms with Gasteiger partial charge >= 0.3 is 6.09 Å². The maximum absolute atomic E-state index is 16.7. The average Bonchev–Trinajstić information content (AvgIpc) is 0.763. The Morgan fingerprint density at radius 2 is 1.11 bits per heavy atom. The van der Waals surface area contributed by atoms with Crippen LogP contribution in [0.15, 0.2) is 115 Å². The zero-order valence-corrected chi connectivity index (χ0v) is 66.0. The monoisotopic (exact) mass is 1570 g/mol. The molecule has 584 valence electrons. The van der Waals surface area contributed by atoms with Crippen LogP contribution in [-0.2, 0) is 58.6 Å². The normalized spacial score (nSPS) is 20.0. The average molecular weight is 1570 g/mol. The Hall–Kier alpha value is -10.5. The first-order valence-corrected chi connectivity index (χ1v) is 38.8. The van der Waals surface area contributed by atoms with Crippen LogP contribution < -0.4 is 79.8 Å². The molecule has 7 amide bonds. The van der Waals surface area contributed by atoms with Crippen LogP contribution in [0.1, 0.15) is 117 Å². The quantitative estimate of drug-likeness (QED) is 0.0268. The fourth-order valence-electron chi connectivity index (χ4n) is 12.7. The smallest absolute Gasteiger partial charge is 0.408 e. The van der Waals surface area contributed by atoms with Crippen LogP contribution in [0.3, 0.4) is 0 Å². The molecule has 6 aliphatic heterocycles. The molecular formula is C79H89Cl2N7O21Si.